The maximum Gasteiger partial charge on any atom is 0.443 e. The molecule has 1 saturated heterocycles. The molecule has 1 rings (SSSR count). The molecule has 1 heterocycles. The Balaban J connectivity index is 3.02. The second-order valence-electron chi connectivity index (χ2n) is 1.69. The average Bonchev–Trinajstić information content (AvgIpc) is 1.85. The SMILES string of the molecule is [N-]=[N+]=C1C(=O)NC(=O)NC1=O. The van der Waals surface area contributed by atoms with Gasteiger partial charge in [-0.3, -0.25) is 20.2 Å². The monoisotopic (exact) mass is 154 g/mol. The second kappa shape index (κ2) is 2.31. The van der Waals surface area contributed by atoms with Crippen LogP contribution in [0.3, 0.4) is 0 Å². The van der Waals surface area contributed by atoms with E-state index in [1.807, 2.05) is 0 Å². The van der Waals surface area contributed by atoms with Crippen LogP contribution in [0.2, 0.25) is 0 Å². The molecule has 0 saturated carbocycles. The first kappa shape index (κ1) is 7.10. The predicted octanol–water partition coefficient (Wildman–Crippen LogP) is -1.98. The van der Waals surface area contributed by atoms with Gasteiger partial charge < -0.3 is 5.53 Å². The number of amides is 4. The molecule has 0 aliphatic carbocycles. The van der Waals surface area contributed by atoms with E-state index in [1.54, 1.807) is 10.6 Å². The molecule has 0 radical (unpaired) electrons. The van der Waals surface area contributed by atoms with Gasteiger partial charge in [-0.15, -0.1) is 0 Å². The maximum atomic E-state index is 10.6. The molecule has 0 unspecified atom stereocenters. The Hall–Kier alpha value is -2.01. The smallest absolute Gasteiger partial charge is 0.360 e. The molecule has 0 bridgehead atoms. The first-order valence-electron chi connectivity index (χ1n) is 2.54. The lowest BCUT2D eigenvalue weighted by Crippen LogP contribution is -2.56. The van der Waals surface area contributed by atoms with Gasteiger partial charge in [0.05, 0.1) is 0 Å². The summed E-state index contributed by atoms with van der Waals surface area (Å²) in [6.07, 6.45) is 0. The number of carbonyl (C=O) groups excluding carboxylic acids is 3. The van der Waals surface area contributed by atoms with Crippen molar-refractivity contribution in [2.24, 2.45) is 0 Å². The first-order valence-corrected chi connectivity index (χ1v) is 2.54. The van der Waals surface area contributed by atoms with Crippen molar-refractivity contribution >= 4 is 23.6 Å². The van der Waals surface area contributed by atoms with Crippen molar-refractivity contribution in [1.29, 1.82) is 0 Å². The van der Waals surface area contributed by atoms with Crippen molar-refractivity contribution in [1.82, 2.24) is 10.6 Å². The predicted molar refractivity (Wildman–Crippen MR) is 30.3 cm³/mol. The zero-order valence-electron chi connectivity index (χ0n) is 5.12. The fraction of sp³-hybridized carbons (Fsp3) is 0. The molecule has 0 aromatic carbocycles. The highest BCUT2D eigenvalue weighted by molar-refractivity contribution is 6.66. The minimum Gasteiger partial charge on any atom is -0.360 e. The van der Waals surface area contributed by atoms with Crippen LogP contribution in [-0.4, -0.2) is 28.3 Å². The summed E-state index contributed by atoms with van der Waals surface area (Å²) in [5, 5.41) is 3.42. The third-order valence-corrected chi connectivity index (χ3v) is 0.984. The Morgan fingerprint density at radius 3 is 1.91 bits per heavy atom. The molecule has 7 heteroatoms. The van der Waals surface area contributed by atoms with Crippen molar-refractivity contribution in [3.63, 3.8) is 0 Å². The van der Waals surface area contributed by atoms with E-state index in [0.717, 1.165) is 0 Å². The minimum absolute atomic E-state index is 0.732. The van der Waals surface area contributed by atoms with Gasteiger partial charge in [0.2, 0.25) is 0 Å². The number of imide groups is 2. The third-order valence-electron chi connectivity index (χ3n) is 0.984. The van der Waals surface area contributed by atoms with Crippen LogP contribution in [0.15, 0.2) is 0 Å². The number of nitrogens with zero attached hydrogens (tertiary/aromatic N) is 2. The molecular weight excluding hydrogens is 152 g/mol. The molecular formula is C4H2N4O3. The van der Waals surface area contributed by atoms with Gasteiger partial charge >= 0.3 is 23.6 Å². The molecule has 0 aromatic rings. The van der Waals surface area contributed by atoms with E-state index < -0.39 is 23.6 Å². The van der Waals surface area contributed by atoms with Gasteiger partial charge in [-0.05, 0) is 0 Å². The Bertz CT molecular complexity index is 278. The van der Waals surface area contributed by atoms with E-state index in [9.17, 15) is 14.4 Å². The first-order chi connectivity index (χ1) is 5.15. The number of rotatable bonds is 0. The Labute approximate surface area is 60.0 Å². The van der Waals surface area contributed by atoms with Gasteiger partial charge in [-0.25, -0.2) is 4.79 Å². The molecule has 0 spiro atoms. The summed E-state index contributed by atoms with van der Waals surface area (Å²) in [6, 6.07) is -0.924. The van der Waals surface area contributed by atoms with Crippen LogP contribution in [0.1, 0.15) is 0 Å². The number of barbiturate groups is 1. The van der Waals surface area contributed by atoms with E-state index in [-0.39, 0.29) is 0 Å². The fourth-order valence-corrected chi connectivity index (χ4v) is 0.550. The summed E-state index contributed by atoms with van der Waals surface area (Å²) in [5.41, 5.74) is 7.34. The largest absolute Gasteiger partial charge is 0.443 e. The van der Waals surface area contributed by atoms with Crippen LogP contribution in [0.5, 0.6) is 0 Å². The quantitative estimate of drug-likeness (QED) is 0.311. The summed E-state index contributed by atoms with van der Waals surface area (Å²) in [6.45, 7) is 0. The lowest BCUT2D eigenvalue weighted by molar-refractivity contribution is -0.126. The fourth-order valence-electron chi connectivity index (χ4n) is 0.550. The Morgan fingerprint density at radius 1 is 1.09 bits per heavy atom. The number of nitrogens with one attached hydrogen (secondary N) is 2. The van der Waals surface area contributed by atoms with Crippen LogP contribution in [0, 0.1) is 0 Å². The third kappa shape index (κ3) is 1.12. The van der Waals surface area contributed by atoms with E-state index in [2.05, 4.69) is 4.79 Å². The average molecular weight is 154 g/mol. The van der Waals surface area contributed by atoms with Gasteiger partial charge in [0.15, 0.2) is 0 Å². The van der Waals surface area contributed by atoms with E-state index in [4.69, 9.17) is 5.53 Å². The summed E-state index contributed by atoms with van der Waals surface area (Å²) in [7, 11) is 0. The number of carbonyl (C=O) groups is 3. The lowest BCUT2D eigenvalue weighted by Gasteiger charge is -2.05. The van der Waals surface area contributed by atoms with Crippen LogP contribution >= 0.6 is 0 Å². The molecule has 56 valence electrons. The summed E-state index contributed by atoms with van der Waals surface area (Å²) < 4.78 is 0. The Kier molecular flexibility index (Phi) is 1.49. The molecule has 2 N–H and O–H groups in total. The minimum atomic E-state index is -1.01. The van der Waals surface area contributed by atoms with Gasteiger partial charge in [0.25, 0.3) is 0 Å². The second-order valence-corrected chi connectivity index (χ2v) is 1.69. The van der Waals surface area contributed by atoms with Crippen molar-refractivity contribution < 1.29 is 19.2 Å². The zero-order valence-corrected chi connectivity index (χ0v) is 5.12. The van der Waals surface area contributed by atoms with Gasteiger partial charge in [-0.1, -0.05) is 0 Å². The molecule has 1 fully saturated rings. The number of hydrogen-bond donors (Lipinski definition) is 2. The van der Waals surface area contributed by atoms with Crippen molar-refractivity contribution in [2.45, 2.75) is 0 Å². The van der Waals surface area contributed by atoms with Crippen LogP contribution in [-0.2, 0) is 9.59 Å². The molecule has 7 nitrogen and oxygen atoms in total. The van der Waals surface area contributed by atoms with E-state index in [0.29, 0.717) is 0 Å². The highest BCUT2D eigenvalue weighted by Gasteiger charge is 2.37. The Morgan fingerprint density at radius 2 is 1.55 bits per heavy atom. The normalized spacial score (nSPS) is 17.1. The van der Waals surface area contributed by atoms with Crippen molar-refractivity contribution in [3.8, 4) is 0 Å². The molecule has 1 aliphatic heterocycles. The van der Waals surface area contributed by atoms with Crippen LogP contribution < -0.4 is 10.6 Å². The molecule has 1 aliphatic rings. The molecule has 0 aromatic heterocycles. The lowest BCUT2D eigenvalue weighted by atomic mass is 10.3. The van der Waals surface area contributed by atoms with Gasteiger partial charge in [-0.2, -0.15) is 4.79 Å². The molecule has 4 amide bonds. The highest BCUT2D eigenvalue weighted by Crippen LogP contribution is 1.82. The number of urea groups is 1. The molecule has 0 atom stereocenters. The van der Waals surface area contributed by atoms with E-state index >= 15 is 0 Å². The highest BCUT2D eigenvalue weighted by atomic mass is 16.2. The maximum absolute atomic E-state index is 10.6. The molecule has 11 heavy (non-hydrogen) atoms. The summed E-state index contributed by atoms with van der Waals surface area (Å²) in [5.74, 6) is -2.03. The van der Waals surface area contributed by atoms with Crippen molar-refractivity contribution in [2.75, 3.05) is 0 Å². The van der Waals surface area contributed by atoms with Crippen molar-refractivity contribution in [3.05, 3.63) is 5.53 Å². The van der Waals surface area contributed by atoms with Crippen LogP contribution in [0.25, 0.3) is 5.53 Å². The van der Waals surface area contributed by atoms with Gasteiger partial charge in [0.1, 0.15) is 0 Å². The summed E-state index contributed by atoms with van der Waals surface area (Å²) >= 11 is 0. The van der Waals surface area contributed by atoms with Crippen LogP contribution in [0.4, 0.5) is 4.79 Å². The standard InChI is InChI=1S/C4H2N4O3/c5-8-1-2(9)6-4(11)7-3(1)10/h(H2,6,7,9,10,11). The zero-order chi connectivity index (χ0) is 8.43. The summed E-state index contributed by atoms with van der Waals surface area (Å²) in [4.78, 5) is 33.9. The van der Waals surface area contributed by atoms with E-state index in [1.165, 1.54) is 0 Å². The topological polar surface area (TPSA) is 112 Å². The van der Waals surface area contributed by atoms with Gasteiger partial charge in [0, 0.05) is 0 Å². The number of hydrogen-bond acceptors (Lipinski definition) is 3.